The Morgan fingerprint density at radius 3 is 2.03 bits per heavy atom. The van der Waals surface area contributed by atoms with Gasteiger partial charge in [0.25, 0.3) is 5.91 Å². The molecule has 0 N–H and O–H groups in total. The number of carbonyl (C=O) groups is 1. The molecule has 0 saturated heterocycles. The third-order valence-corrected chi connectivity index (χ3v) is 6.76. The van der Waals surface area contributed by atoms with Crippen LogP contribution < -0.4 is 19.1 Å². The third-order valence-electron chi connectivity index (χ3n) is 5.39. The highest BCUT2D eigenvalue weighted by Gasteiger charge is 2.33. The molecule has 7 nitrogen and oxygen atoms in total. The van der Waals surface area contributed by atoms with Gasteiger partial charge in [-0.2, -0.15) is 0 Å². The van der Waals surface area contributed by atoms with E-state index in [4.69, 9.17) is 14.2 Å². The summed E-state index contributed by atoms with van der Waals surface area (Å²) in [5, 5.41) is 1.18. The van der Waals surface area contributed by atoms with E-state index in [9.17, 15) is 13.2 Å². The lowest BCUT2D eigenvalue weighted by molar-refractivity contribution is 0.0982. The van der Waals surface area contributed by atoms with Gasteiger partial charge in [-0.15, -0.1) is 0 Å². The van der Waals surface area contributed by atoms with E-state index >= 15 is 0 Å². The van der Waals surface area contributed by atoms with E-state index in [1.165, 1.54) is 10.3 Å². The third kappa shape index (κ3) is 5.50. The van der Waals surface area contributed by atoms with Crippen molar-refractivity contribution >= 4 is 21.4 Å². The second-order valence-corrected chi connectivity index (χ2v) is 9.70. The molecule has 0 fully saturated rings. The predicted octanol–water partition coefficient (Wildman–Crippen LogP) is 4.46. The molecule has 178 valence electrons. The van der Waals surface area contributed by atoms with Crippen LogP contribution in [0.2, 0.25) is 0 Å². The molecule has 33 heavy (non-hydrogen) atoms. The number of amides is 1. The molecule has 1 atom stereocenters. The van der Waals surface area contributed by atoms with Crippen LogP contribution in [0.15, 0.2) is 41.8 Å². The van der Waals surface area contributed by atoms with Crippen molar-refractivity contribution in [3.8, 4) is 17.2 Å². The molecule has 0 aromatic heterocycles. The molecule has 0 bridgehead atoms. The number of anilines is 1. The van der Waals surface area contributed by atoms with E-state index in [2.05, 4.69) is 0 Å². The maximum absolute atomic E-state index is 13.9. The lowest BCUT2D eigenvalue weighted by atomic mass is 10.1. The monoisotopic (exact) mass is 473 g/mol. The molecule has 1 amide bonds. The highest BCUT2D eigenvalue weighted by Crippen LogP contribution is 2.40. The Kier molecular flexibility index (Phi) is 7.68. The Morgan fingerprint density at radius 2 is 1.55 bits per heavy atom. The Bertz CT molecular complexity index is 1130. The van der Waals surface area contributed by atoms with E-state index in [0.717, 1.165) is 11.1 Å². The average Bonchev–Trinajstić information content (AvgIpc) is 3.12. The SMILES string of the molecule is CCOc1cc(C(=O)N(c2ccc(C)c(C)c2)C2C=CS(=O)(=O)C2)cc(OCC)c1OCC. The molecule has 1 unspecified atom stereocenters. The number of ether oxygens (including phenoxy) is 3. The summed E-state index contributed by atoms with van der Waals surface area (Å²) >= 11 is 0. The minimum absolute atomic E-state index is 0.167. The zero-order valence-electron chi connectivity index (χ0n) is 19.8. The second-order valence-electron chi connectivity index (χ2n) is 7.77. The van der Waals surface area contributed by atoms with Crippen LogP contribution in [0.1, 0.15) is 42.3 Å². The van der Waals surface area contributed by atoms with Crippen LogP contribution in [0.25, 0.3) is 0 Å². The summed E-state index contributed by atoms with van der Waals surface area (Å²) in [7, 11) is -3.37. The molecule has 3 rings (SSSR count). The first-order valence-electron chi connectivity index (χ1n) is 11.1. The molecule has 0 spiro atoms. The van der Waals surface area contributed by atoms with Crippen molar-refractivity contribution in [1.29, 1.82) is 0 Å². The summed E-state index contributed by atoms with van der Waals surface area (Å²) in [6.07, 6.45) is 1.56. The number of carbonyl (C=O) groups excluding carboxylic acids is 1. The van der Waals surface area contributed by atoms with E-state index in [-0.39, 0.29) is 11.7 Å². The maximum Gasteiger partial charge on any atom is 0.259 e. The highest BCUT2D eigenvalue weighted by molar-refractivity contribution is 7.94. The molecular formula is C25H31NO6S. The van der Waals surface area contributed by atoms with Crippen molar-refractivity contribution in [3.63, 3.8) is 0 Å². The van der Waals surface area contributed by atoms with Crippen molar-refractivity contribution in [1.82, 2.24) is 0 Å². The number of hydrogen-bond donors (Lipinski definition) is 0. The lowest BCUT2D eigenvalue weighted by Crippen LogP contribution is -2.41. The van der Waals surface area contributed by atoms with Crippen LogP contribution in [0.5, 0.6) is 17.2 Å². The van der Waals surface area contributed by atoms with Gasteiger partial charge in [0, 0.05) is 16.7 Å². The lowest BCUT2D eigenvalue weighted by Gasteiger charge is -2.29. The summed E-state index contributed by atoms with van der Waals surface area (Å²) in [6.45, 7) is 10.7. The molecule has 1 aliphatic rings. The molecule has 1 aliphatic heterocycles. The van der Waals surface area contributed by atoms with Crippen LogP contribution in [-0.4, -0.2) is 45.9 Å². The summed E-state index contributed by atoms with van der Waals surface area (Å²) in [5.41, 5.74) is 3.03. The van der Waals surface area contributed by atoms with Gasteiger partial charge >= 0.3 is 0 Å². The first kappa shape index (κ1) is 24.6. The molecule has 0 radical (unpaired) electrons. The highest BCUT2D eigenvalue weighted by atomic mass is 32.2. The van der Waals surface area contributed by atoms with Crippen LogP contribution in [-0.2, 0) is 9.84 Å². The molecule has 0 aliphatic carbocycles. The number of rotatable bonds is 9. The number of hydrogen-bond acceptors (Lipinski definition) is 6. The van der Waals surface area contributed by atoms with Crippen molar-refractivity contribution in [3.05, 3.63) is 58.5 Å². The van der Waals surface area contributed by atoms with Crippen molar-refractivity contribution in [2.24, 2.45) is 0 Å². The van der Waals surface area contributed by atoms with Gasteiger partial charge in [-0.3, -0.25) is 4.79 Å². The average molecular weight is 474 g/mol. The minimum Gasteiger partial charge on any atom is -0.490 e. The number of sulfone groups is 1. The van der Waals surface area contributed by atoms with Gasteiger partial charge in [-0.1, -0.05) is 6.07 Å². The van der Waals surface area contributed by atoms with Gasteiger partial charge in [0.05, 0.1) is 31.6 Å². The smallest absolute Gasteiger partial charge is 0.259 e. The molecule has 0 saturated carbocycles. The second kappa shape index (κ2) is 10.3. The topological polar surface area (TPSA) is 82.1 Å². The standard InChI is InChI=1S/C25H31NO6S/c1-6-30-22-14-19(15-23(31-7-2)24(22)32-8-3)25(27)26(21-11-12-33(28,29)16-21)20-10-9-17(4)18(5)13-20/h9-15,21H,6-8,16H2,1-5H3. The first-order valence-corrected chi connectivity index (χ1v) is 12.8. The number of nitrogens with zero attached hydrogens (tertiary/aromatic N) is 1. The molecule has 8 heteroatoms. The molecule has 2 aromatic rings. The Morgan fingerprint density at radius 1 is 0.939 bits per heavy atom. The zero-order chi connectivity index (χ0) is 24.2. The van der Waals surface area contributed by atoms with Gasteiger partial charge in [-0.05, 0) is 76.1 Å². The van der Waals surface area contributed by atoms with Crippen molar-refractivity contribution < 1.29 is 27.4 Å². The van der Waals surface area contributed by atoms with Gasteiger partial charge in [0.2, 0.25) is 5.75 Å². The van der Waals surface area contributed by atoms with Crippen molar-refractivity contribution in [2.75, 3.05) is 30.5 Å². The predicted molar refractivity (Wildman–Crippen MR) is 129 cm³/mol. The van der Waals surface area contributed by atoms with Crippen molar-refractivity contribution in [2.45, 2.75) is 40.7 Å². The first-order chi connectivity index (χ1) is 15.7. The quantitative estimate of drug-likeness (QED) is 0.535. The van der Waals surface area contributed by atoms with Crippen LogP contribution >= 0.6 is 0 Å². The largest absolute Gasteiger partial charge is 0.490 e. The van der Waals surface area contributed by atoms with E-state index in [1.54, 1.807) is 18.2 Å². The molecule has 2 aromatic carbocycles. The summed E-state index contributed by atoms with van der Waals surface area (Å²) in [5.74, 6) is 0.736. The normalized spacial score (nSPS) is 16.5. The molecular weight excluding hydrogens is 442 g/mol. The molecule has 1 heterocycles. The Balaban J connectivity index is 2.13. The van der Waals surface area contributed by atoms with Gasteiger partial charge in [0.1, 0.15) is 0 Å². The van der Waals surface area contributed by atoms with E-state index in [1.807, 2.05) is 52.8 Å². The zero-order valence-corrected chi connectivity index (χ0v) is 20.6. The fourth-order valence-corrected chi connectivity index (χ4v) is 4.97. The summed E-state index contributed by atoms with van der Waals surface area (Å²) in [6, 6.07) is 8.28. The number of aryl methyl sites for hydroxylation is 2. The number of benzene rings is 2. The Labute approximate surface area is 195 Å². The van der Waals surface area contributed by atoms with Gasteiger partial charge < -0.3 is 19.1 Å². The fourth-order valence-electron chi connectivity index (χ4n) is 3.71. The minimum atomic E-state index is -3.37. The summed E-state index contributed by atoms with van der Waals surface area (Å²) in [4.78, 5) is 15.4. The van der Waals surface area contributed by atoms with Crippen LogP contribution in [0.3, 0.4) is 0 Å². The fraction of sp³-hybridized carbons (Fsp3) is 0.400. The van der Waals surface area contributed by atoms with E-state index in [0.29, 0.717) is 48.3 Å². The Hall–Kier alpha value is -3.00. The van der Waals surface area contributed by atoms with Gasteiger partial charge in [0.15, 0.2) is 21.3 Å². The maximum atomic E-state index is 13.9. The van der Waals surface area contributed by atoms with Crippen LogP contribution in [0, 0.1) is 13.8 Å². The van der Waals surface area contributed by atoms with Gasteiger partial charge in [-0.25, -0.2) is 8.42 Å². The van der Waals surface area contributed by atoms with Crippen LogP contribution in [0.4, 0.5) is 5.69 Å². The van der Waals surface area contributed by atoms with E-state index < -0.39 is 15.9 Å². The summed E-state index contributed by atoms with van der Waals surface area (Å²) < 4.78 is 41.6.